The number of carboxylic acids is 1. The summed E-state index contributed by atoms with van der Waals surface area (Å²) >= 11 is 1.52. The van der Waals surface area contributed by atoms with Crippen molar-refractivity contribution >= 4 is 17.7 Å². The smallest absolute Gasteiger partial charge is 0.321 e. The van der Waals surface area contributed by atoms with Gasteiger partial charge in [0, 0.05) is 18.1 Å². The summed E-state index contributed by atoms with van der Waals surface area (Å²) in [6, 6.07) is -0.851. The summed E-state index contributed by atoms with van der Waals surface area (Å²) in [5.74, 6) is 0.0853. The number of thioether (sulfide) groups is 1. The normalized spacial score (nSPS) is 15.7. The summed E-state index contributed by atoms with van der Waals surface area (Å²) in [4.78, 5) is 11.5. The Kier molecular flexibility index (Phi) is 17.5. The van der Waals surface area contributed by atoms with Gasteiger partial charge in [0.15, 0.2) is 0 Å². The number of hydrogen-bond donors (Lipinski definition) is 5. The topological polar surface area (TPSA) is 111 Å². The maximum absolute atomic E-state index is 11.5. The highest BCUT2D eigenvalue weighted by Crippen LogP contribution is 2.13. The van der Waals surface area contributed by atoms with Gasteiger partial charge in [0.1, 0.15) is 12.3 Å². The van der Waals surface area contributed by atoms with E-state index in [-0.39, 0.29) is 13.0 Å². The highest BCUT2D eigenvalue weighted by molar-refractivity contribution is 7.99. The molecule has 5 N–H and O–H groups in total. The number of rotatable bonds is 18. The lowest BCUT2D eigenvalue weighted by Gasteiger charge is -2.25. The molecule has 0 heterocycles. The van der Waals surface area contributed by atoms with E-state index in [1.54, 1.807) is 0 Å². The first-order valence-electron chi connectivity index (χ1n) is 12.1. The fourth-order valence-electron chi connectivity index (χ4n) is 2.95. The maximum Gasteiger partial charge on any atom is 0.321 e. The summed E-state index contributed by atoms with van der Waals surface area (Å²) in [7, 11) is 0. The highest BCUT2D eigenvalue weighted by Gasteiger charge is 2.21. The largest absolute Gasteiger partial charge is 0.480 e. The summed E-state index contributed by atoms with van der Waals surface area (Å²) in [5.41, 5.74) is 3.57. The number of carbonyl (C=O) groups is 1. The van der Waals surface area contributed by atoms with Gasteiger partial charge in [0.25, 0.3) is 0 Å². The Morgan fingerprint density at radius 1 is 1.00 bits per heavy atom. The van der Waals surface area contributed by atoms with E-state index in [9.17, 15) is 20.1 Å². The van der Waals surface area contributed by atoms with Crippen molar-refractivity contribution in [3.63, 3.8) is 0 Å². The van der Waals surface area contributed by atoms with Gasteiger partial charge in [0.2, 0.25) is 6.41 Å². The predicted octanol–water partition coefficient (Wildman–Crippen LogP) is 4.57. The van der Waals surface area contributed by atoms with Gasteiger partial charge < -0.3 is 20.1 Å². The van der Waals surface area contributed by atoms with E-state index in [4.69, 9.17) is 4.74 Å². The minimum atomic E-state index is -1.14. The molecule has 0 radical (unpaired) electrons. The number of ether oxygens (including phenoxy) is 1. The van der Waals surface area contributed by atoms with Gasteiger partial charge in [-0.1, -0.05) is 34.9 Å². The van der Waals surface area contributed by atoms with E-state index in [2.05, 4.69) is 56.6 Å². The molecular formula is C26H48N2O5S. The van der Waals surface area contributed by atoms with Gasteiger partial charge in [-0.3, -0.25) is 15.4 Å². The first kappa shape index (κ1) is 32.8. The quantitative estimate of drug-likeness (QED) is 0.106. The van der Waals surface area contributed by atoms with Crippen LogP contribution in [-0.2, 0) is 9.53 Å². The van der Waals surface area contributed by atoms with Gasteiger partial charge in [-0.15, -0.1) is 0 Å². The number of aliphatic hydroxyl groups excluding tert-OH is 2. The monoisotopic (exact) mass is 500 g/mol. The van der Waals surface area contributed by atoms with Gasteiger partial charge in [0.05, 0.1) is 5.60 Å². The van der Waals surface area contributed by atoms with Crippen LogP contribution in [0.25, 0.3) is 0 Å². The van der Waals surface area contributed by atoms with Crippen LogP contribution in [0.15, 0.2) is 34.9 Å². The summed E-state index contributed by atoms with van der Waals surface area (Å²) in [5, 5.41) is 34.8. The molecule has 0 aliphatic carbocycles. The Labute approximate surface area is 211 Å². The van der Waals surface area contributed by atoms with Crippen LogP contribution in [0.5, 0.6) is 0 Å². The van der Waals surface area contributed by atoms with Crippen molar-refractivity contribution in [1.29, 1.82) is 0 Å². The van der Waals surface area contributed by atoms with E-state index >= 15 is 0 Å². The standard InChI is InChI=1S/C26H48N2O5S/c1-19(2)10-8-11-20(3)12-9-13-21(4)15-17-34-18-22(24(30)31)28-23(29)14-16-27-25(32)33-26(5,6)7/h10,12,15,22-23,25,27-29,32H,8-9,11,13-14,16-18H2,1-7H3,(H,30,31)/b20-12+,21-15+/t22-,23?,25?/m0/s1. The fourth-order valence-corrected chi connectivity index (χ4v) is 3.97. The van der Waals surface area contributed by atoms with Crippen LogP contribution < -0.4 is 10.6 Å². The highest BCUT2D eigenvalue weighted by atomic mass is 32.2. The fraction of sp³-hybridized carbons (Fsp3) is 0.731. The lowest BCUT2D eigenvalue weighted by atomic mass is 10.1. The number of aliphatic carboxylic acids is 1. The van der Waals surface area contributed by atoms with Crippen LogP contribution in [-0.4, -0.2) is 63.6 Å². The van der Waals surface area contributed by atoms with Gasteiger partial charge in [-0.25, -0.2) is 0 Å². The molecule has 0 rings (SSSR count). The molecule has 7 nitrogen and oxygen atoms in total. The molecule has 0 saturated heterocycles. The molecule has 0 aliphatic rings. The second-order valence-corrected chi connectivity index (χ2v) is 11.0. The Morgan fingerprint density at radius 3 is 2.15 bits per heavy atom. The molecule has 198 valence electrons. The lowest BCUT2D eigenvalue weighted by Crippen LogP contribution is -2.47. The maximum atomic E-state index is 11.5. The number of allylic oxidation sites excluding steroid dienone is 5. The molecule has 0 aromatic carbocycles. The van der Waals surface area contributed by atoms with E-state index < -0.39 is 30.3 Å². The molecule has 8 heteroatoms. The van der Waals surface area contributed by atoms with Crippen molar-refractivity contribution in [2.24, 2.45) is 0 Å². The average molecular weight is 501 g/mol. The molecule has 0 amide bonds. The molecule has 0 bridgehead atoms. The van der Waals surface area contributed by atoms with Crippen molar-refractivity contribution in [3.8, 4) is 0 Å². The third-order valence-corrected chi connectivity index (χ3v) is 5.82. The van der Waals surface area contributed by atoms with Gasteiger partial charge in [-0.05, 0) is 80.6 Å². The third kappa shape index (κ3) is 20.2. The zero-order valence-electron chi connectivity index (χ0n) is 22.2. The first-order valence-corrected chi connectivity index (χ1v) is 13.2. The number of carboxylic acid groups (broad SMARTS) is 1. The van der Waals surface area contributed by atoms with E-state index in [0.29, 0.717) is 5.75 Å². The van der Waals surface area contributed by atoms with Crippen LogP contribution in [0.4, 0.5) is 0 Å². The number of hydrogen-bond acceptors (Lipinski definition) is 7. The molecule has 3 atom stereocenters. The summed E-state index contributed by atoms with van der Waals surface area (Å²) in [6.07, 6.45) is 9.01. The molecule has 0 fully saturated rings. The Morgan fingerprint density at radius 2 is 1.59 bits per heavy atom. The predicted molar refractivity (Wildman–Crippen MR) is 143 cm³/mol. The lowest BCUT2D eigenvalue weighted by molar-refractivity contribution is -0.181. The van der Waals surface area contributed by atoms with Crippen LogP contribution in [0.3, 0.4) is 0 Å². The van der Waals surface area contributed by atoms with Crippen LogP contribution in [0, 0.1) is 0 Å². The van der Waals surface area contributed by atoms with Crippen LogP contribution in [0.1, 0.15) is 80.6 Å². The molecule has 0 saturated carbocycles. The average Bonchev–Trinajstić information content (AvgIpc) is 2.68. The van der Waals surface area contributed by atoms with E-state index in [0.717, 1.165) is 31.4 Å². The van der Waals surface area contributed by atoms with Crippen molar-refractivity contribution in [2.75, 3.05) is 18.1 Å². The van der Waals surface area contributed by atoms with Crippen molar-refractivity contribution in [2.45, 2.75) is 105 Å². The minimum Gasteiger partial charge on any atom is -0.480 e. The zero-order valence-corrected chi connectivity index (χ0v) is 23.0. The minimum absolute atomic E-state index is 0.235. The van der Waals surface area contributed by atoms with Crippen LogP contribution >= 0.6 is 11.8 Å². The van der Waals surface area contributed by atoms with Crippen molar-refractivity contribution in [3.05, 3.63) is 34.9 Å². The number of nitrogens with one attached hydrogen (secondary N) is 2. The molecule has 0 aromatic rings. The summed E-state index contributed by atoms with van der Waals surface area (Å²) in [6.45, 7) is 14.3. The molecule has 0 spiro atoms. The number of aliphatic hydroxyl groups is 2. The second-order valence-electron chi connectivity index (χ2n) is 9.90. The molecule has 2 unspecified atom stereocenters. The molecule has 0 aromatic heterocycles. The Hall–Kier alpha value is -1.16. The van der Waals surface area contributed by atoms with E-state index in [1.807, 2.05) is 20.8 Å². The van der Waals surface area contributed by atoms with Crippen LogP contribution in [0.2, 0.25) is 0 Å². The Balaban J connectivity index is 4.23. The molecular weight excluding hydrogens is 452 g/mol. The molecule has 0 aliphatic heterocycles. The summed E-state index contributed by atoms with van der Waals surface area (Å²) < 4.78 is 5.32. The first-order chi connectivity index (χ1) is 15.8. The second kappa shape index (κ2) is 18.2. The third-order valence-electron chi connectivity index (χ3n) is 4.85. The molecule has 34 heavy (non-hydrogen) atoms. The van der Waals surface area contributed by atoms with Crippen molar-refractivity contribution < 1.29 is 24.9 Å². The van der Waals surface area contributed by atoms with E-state index in [1.165, 1.54) is 28.5 Å². The van der Waals surface area contributed by atoms with Gasteiger partial charge in [-0.2, -0.15) is 11.8 Å². The van der Waals surface area contributed by atoms with Gasteiger partial charge >= 0.3 is 5.97 Å². The SMILES string of the molecule is CC(C)=CCC/C(C)=C/CC/C(C)=C/CSC[C@H](NC(O)CCNC(O)OC(C)(C)C)C(=O)O. The van der Waals surface area contributed by atoms with Crippen molar-refractivity contribution in [1.82, 2.24) is 10.6 Å². The zero-order chi connectivity index (χ0) is 26.1. The Bertz CT molecular complexity index is 667.